The van der Waals surface area contributed by atoms with Gasteiger partial charge in [-0.05, 0) is 24.6 Å². The molecule has 1 aromatic rings. The van der Waals surface area contributed by atoms with Crippen LogP contribution in [0.3, 0.4) is 0 Å². The predicted octanol–water partition coefficient (Wildman–Crippen LogP) is -0.497. The Kier molecular flexibility index (Phi) is 4.34. The third-order valence-corrected chi connectivity index (χ3v) is 2.84. The molecule has 1 unspecified atom stereocenters. The van der Waals surface area contributed by atoms with Crippen LogP contribution in [0, 0.1) is 5.82 Å². The van der Waals surface area contributed by atoms with Gasteiger partial charge in [-0.1, -0.05) is 11.6 Å². The number of hydrogen-bond acceptors (Lipinski definition) is 4. The van der Waals surface area contributed by atoms with E-state index < -0.39 is 24.4 Å². The molecule has 0 saturated carbocycles. The summed E-state index contributed by atoms with van der Waals surface area (Å²) < 4.78 is 13.5. The van der Waals surface area contributed by atoms with Gasteiger partial charge >= 0.3 is 13.1 Å². The third kappa shape index (κ3) is 3.20. The molecule has 0 amide bonds. The van der Waals surface area contributed by atoms with E-state index in [4.69, 9.17) is 32.5 Å². The van der Waals surface area contributed by atoms with E-state index in [0.717, 1.165) is 12.1 Å². The van der Waals surface area contributed by atoms with Crippen LogP contribution in [-0.4, -0.2) is 33.8 Å². The van der Waals surface area contributed by atoms with E-state index >= 15 is 0 Å². The van der Waals surface area contributed by atoms with Gasteiger partial charge in [0.05, 0.1) is 0 Å². The lowest BCUT2D eigenvalue weighted by atomic mass is 9.79. The molecule has 5 N–H and O–H groups in total. The van der Waals surface area contributed by atoms with Crippen LogP contribution in [0.4, 0.5) is 4.39 Å². The molecule has 1 aromatic carbocycles. The van der Waals surface area contributed by atoms with Crippen LogP contribution in [-0.2, 0) is 11.2 Å². The van der Waals surface area contributed by atoms with Crippen molar-refractivity contribution in [2.75, 3.05) is 0 Å². The summed E-state index contributed by atoms with van der Waals surface area (Å²) >= 11 is 5.82. The maximum Gasteiger partial charge on any atom is 0.491 e. The fourth-order valence-electron chi connectivity index (χ4n) is 1.41. The molecule has 8 heteroatoms. The summed E-state index contributed by atoms with van der Waals surface area (Å²) in [6.07, 6.45) is -0.181. The van der Waals surface area contributed by atoms with Crippen molar-refractivity contribution in [3.05, 3.63) is 28.5 Å². The molecule has 0 saturated heterocycles. The second-order valence-corrected chi connectivity index (χ2v) is 4.65. The minimum atomic E-state index is -1.99. The Hall–Kier alpha value is -1.15. The second kappa shape index (κ2) is 5.23. The zero-order valence-electron chi connectivity index (χ0n) is 9.52. The van der Waals surface area contributed by atoms with E-state index in [1.807, 2.05) is 0 Å². The van der Waals surface area contributed by atoms with Gasteiger partial charge in [-0.15, -0.1) is 0 Å². The van der Waals surface area contributed by atoms with Crippen molar-refractivity contribution < 1.29 is 24.3 Å². The van der Waals surface area contributed by atoms with Crippen LogP contribution < -0.4 is 11.2 Å². The highest BCUT2D eigenvalue weighted by atomic mass is 35.5. The number of halogens is 2. The number of aliphatic carboxylic acids is 1. The summed E-state index contributed by atoms with van der Waals surface area (Å²) in [5.41, 5.74) is 3.75. The maximum absolute atomic E-state index is 13.5. The molecule has 98 valence electrons. The van der Waals surface area contributed by atoms with Gasteiger partial charge in [0.2, 0.25) is 0 Å². The fourth-order valence-corrected chi connectivity index (χ4v) is 1.65. The minimum Gasteiger partial charge on any atom is -0.480 e. The van der Waals surface area contributed by atoms with Gasteiger partial charge < -0.3 is 20.9 Å². The standard InChI is InChI=1S/C10H12BClFNO4/c1-10(14,9(15)16)4-5-2-8(13)6(11(17)18)3-7(5)12/h2-3,17-18H,4,14H2,1H3,(H,15,16). The quantitative estimate of drug-likeness (QED) is 0.555. The van der Waals surface area contributed by atoms with Crippen LogP contribution in [0.2, 0.25) is 5.02 Å². The molecular formula is C10H12BClFNO4. The summed E-state index contributed by atoms with van der Waals surface area (Å²) in [4.78, 5) is 10.9. The normalized spacial score (nSPS) is 14.1. The van der Waals surface area contributed by atoms with E-state index in [2.05, 4.69) is 0 Å². The van der Waals surface area contributed by atoms with Gasteiger partial charge in [-0.2, -0.15) is 0 Å². The Morgan fingerprint density at radius 3 is 2.56 bits per heavy atom. The maximum atomic E-state index is 13.5. The number of benzene rings is 1. The number of nitrogens with two attached hydrogens (primary N) is 1. The van der Waals surface area contributed by atoms with Crippen molar-refractivity contribution in [3.63, 3.8) is 0 Å². The first-order valence-electron chi connectivity index (χ1n) is 5.01. The molecule has 0 fully saturated rings. The first-order valence-corrected chi connectivity index (χ1v) is 5.39. The largest absolute Gasteiger partial charge is 0.491 e. The summed E-state index contributed by atoms with van der Waals surface area (Å²) in [7, 11) is -1.99. The Labute approximate surface area is 108 Å². The number of carboxylic acid groups (broad SMARTS) is 1. The highest BCUT2D eigenvalue weighted by molar-refractivity contribution is 6.59. The molecule has 0 aliphatic heterocycles. The van der Waals surface area contributed by atoms with Gasteiger partial charge in [-0.3, -0.25) is 4.79 Å². The van der Waals surface area contributed by atoms with Crippen LogP contribution >= 0.6 is 11.6 Å². The van der Waals surface area contributed by atoms with Gasteiger partial charge in [0.25, 0.3) is 0 Å². The van der Waals surface area contributed by atoms with Crippen molar-refractivity contribution in [1.29, 1.82) is 0 Å². The number of carbonyl (C=O) groups is 1. The average molecular weight is 275 g/mol. The van der Waals surface area contributed by atoms with Gasteiger partial charge in [0, 0.05) is 16.9 Å². The van der Waals surface area contributed by atoms with Crippen molar-refractivity contribution in [2.24, 2.45) is 5.73 Å². The van der Waals surface area contributed by atoms with Crippen LogP contribution in [0.1, 0.15) is 12.5 Å². The summed E-state index contributed by atoms with van der Waals surface area (Å²) in [6, 6.07) is 1.99. The van der Waals surface area contributed by atoms with Gasteiger partial charge in [0.15, 0.2) is 0 Å². The molecular weight excluding hydrogens is 263 g/mol. The number of hydrogen-bond donors (Lipinski definition) is 4. The zero-order chi connectivity index (χ0) is 14.1. The van der Waals surface area contributed by atoms with Crippen molar-refractivity contribution in [3.8, 4) is 0 Å². The van der Waals surface area contributed by atoms with E-state index in [1.165, 1.54) is 6.92 Å². The van der Waals surface area contributed by atoms with Crippen LogP contribution in [0.5, 0.6) is 0 Å². The summed E-state index contributed by atoms with van der Waals surface area (Å²) in [5, 5.41) is 26.6. The first kappa shape index (κ1) is 14.9. The highest BCUT2D eigenvalue weighted by Gasteiger charge is 2.30. The summed E-state index contributed by atoms with van der Waals surface area (Å²) in [6.45, 7) is 1.28. The highest BCUT2D eigenvalue weighted by Crippen LogP contribution is 2.21. The van der Waals surface area contributed by atoms with Crippen molar-refractivity contribution in [2.45, 2.75) is 18.9 Å². The molecule has 0 spiro atoms. The van der Waals surface area contributed by atoms with E-state index in [0.29, 0.717) is 0 Å². The Bertz CT molecular complexity index is 481. The van der Waals surface area contributed by atoms with Gasteiger partial charge in [-0.25, -0.2) is 4.39 Å². The summed E-state index contributed by atoms with van der Waals surface area (Å²) in [5.74, 6) is -2.13. The number of rotatable bonds is 4. The number of carboxylic acids is 1. The lowest BCUT2D eigenvalue weighted by Gasteiger charge is -2.20. The van der Waals surface area contributed by atoms with Crippen molar-refractivity contribution >= 4 is 30.2 Å². The molecule has 0 aromatic heterocycles. The second-order valence-electron chi connectivity index (χ2n) is 4.24. The Morgan fingerprint density at radius 2 is 2.11 bits per heavy atom. The van der Waals surface area contributed by atoms with Crippen LogP contribution in [0.15, 0.2) is 12.1 Å². The molecule has 0 aliphatic carbocycles. The smallest absolute Gasteiger partial charge is 0.480 e. The van der Waals surface area contributed by atoms with Gasteiger partial charge in [0.1, 0.15) is 11.4 Å². The Morgan fingerprint density at radius 1 is 1.56 bits per heavy atom. The monoisotopic (exact) mass is 275 g/mol. The van der Waals surface area contributed by atoms with E-state index in [9.17, 15) is 9.18 Å². The first-order chi connectivity index (χ1) is 8.15. The van der Waals surface area contributed by atoms with E-state index in [-0.39, 0.29) is 22.5 Å². The van der Waals surface area contributed by atoms with Crippen molar-refractivity contribution in [1.82, 2.24) is 0 Å². The lowest BCUT2D eigenvalue weighted by molar-refractivity contribution is -0.142. The third-order valence-electron chi connectivity index (χ3n) is 2.49. The molecule has 0 radical (unpaired) electrons. The SMILES string of the molecule is CC(N)(Cc1cc(F)c(B(O)O)cc1Cl)C(=O)O. The predicted molar refractivity (Wildman–Crippen MR) is 65.2 cm³/mol. The molecule has 0 bridgehead atoms. The molecule has 1 rings (SSSR count). The Balaban J connectivity index is 3.13. The molecule has 0 heterocycles. The lowest BCUT2D eigenvalue weighted by Crippen LogP contribution is -2.47. The molecule has 0 aliphatic rings. The minimum absolute atomic E-state index is 0.0254. The molecule has 1 atom stereocenters. The fraction of sp³-hybridized carbons (Fsp3) is 0.300. The van der Waals surface area contributed by atoms with Crippen LogP contribution in [0.25, 0.3) is 0 Å². The average Bonchev–Trinajstić information content (AvgIpc) is 2.21. The molecule has 18 heavy (non-hydrogen) atoms. The zero-order valence-corrected chi connectivity index (χ0v) is 10.3. The molecule has 5 nitrogen and oxygen atoms in total. The van der Waals surface area contributed by atoms with E-state index in [1.54, 1.807) is 0 Å². The topological polar surface area (TPSA) is 104 Å².